The van der Waals surface area contributed by atoms with E-state index in [1.807, 2.05) is 61.7 Å². The molecule has 30 heavy (non-hydrogen) atoms. The number of oxazole rings is 1. The van der Waals surface area contributed by atoms with Crippen LogP contribution in [-0.2, 0) is 17.8 Å². The number of aryl methyl sites for hydroxylation is 2. The minimum atomic E-state index is -0.797. The summed E-state index contributed by atoms with van der Waals surface area (Å²) in [6.45, 7) is 2.93. The molecule has 0 amide bonds. The van der Waals surface area contributed by atoms with Gasteiger partial charge in [-0.2, -0.15) is 5.10 Å². The molecule has 1 N–H and O–H groups in total. The van der Waals surface area contributed by atoms with Crippen molar-refractivity contribution in [2.24, 2.45) is 0 Å². The summed E-state index contributed by atoms with van der Waals surface area (Å²) >= 11 is 0. The van der Waals surface area contributed by atoms with Crippen LogP contribution in [0.25, 0.3) is 22.4 Å². The second kappa shape index (κ2) is 8.82. The van der Waals surface area contributed by atoms with Gasteiger partial charge in [0.25, 0.3) is 0 Å². The summed E-state index contributed by atoms with van der Waals surface area (Å²) in [4.78, 5) is 15.3. The average molecular weight is 405 g/mol. The first kappa shape index (κ1) is 19.7. The van der Waals surface area contributed by atoms with Gasteiger partial charge in [-0.05, 0) is 37.6 Å². The van der Waals surface area contributed by atoms with Gasteiger partial charge in [0.15, 0.2) is 0 Å². The highest BCUT2D eigenvalue weighted by molar-refractivity contribution is 5.84. The molecule has 2 heterocycles. The third-order valence-corrected chi connectivity index (χ3v) is 4.85. The fourth-order valence-corrected chi connectivity index (χ4v) is 3.32. The van der Waals surface area contributed by atoms with E-state index in [-0.39, 0.29) is 6.42 Å². The summed E-state index contributed by atoms with van der Waals surface area (Å²) < 4.78 is 13.6. The Morgan fingerprint density at radius 3 is 2.80 bits per heavy atom. The van der Waals surface area contributed by atoms with Gasteiger partial charge in [0.2, 0.25) is 5.89 Å². The predicted octanol–water partition coefficient (Wildman–Crippen LogP) is 4.49. The minimum absolute atomic E-state index is 0.127. The van der Waals surface area contributed by atoms with Gasteiger partial charge in [-0.15, -0.1) is 0 Å². The van der Waals surface area contributed by atoms with Crippen LogP contribution in [-0.4, -0.2) is 32.4 Å². The third-order valence-electron chi connectivity index (χ3n) is 4.85. The van der Waals surface area contributed by atoms with Crippen molar-refractivity contribution >= 4 is 16.9 Å². The molecule has 2 aromatic carbocycles. The highest BCUT2D eigenvalue weighted by atomic mass is 16.5. The number of aromatic nitrogens is 3. The number of benzene rings is 2. The van der Waals surface area contributed by atoms with Crippen molar-refractivity contribution in [3.05, 3.63) is 66.2 Å². The number of hydrogen-bond acceptors (Lipinski definition) is 5. The molecule has 0 saturated heterocycles. The highest BCUT2D eigenvalue weighted by Gasteiger charge is 2.12. The molecule has 0 bridgehead atoms. The standard InChI is InChI=1S/C23H23N3O4/c1-16-19(24-23(30-16)17-7-3-2-4-8-17)12-14-29-21-10-5-9-20-18(21)15-26(25-20)13-6-11-22(27)28/h2-5,7-10,15H,6,11-14H2,1H3,(H,27,28). The number of fused-ring (bicyclic) bond motifs is 1. The van der Waals surface area contributed by atoms with Gasteiger partial charge in [0.1, 0.15) is 11.5 Å². The Labute approximate surface area is 173 Å². The molecular formula is C23H23N3O4. The van der Waals surface area contributed by atoms with Crippen molar-refractivity contribution in [1.82, 2.24) is 14.8 Å². The van der Waals surface area contributed by atoms with Crippen molar-refractivity contribution in [2.75, 3.05) is 6.61 Å². The first-order chi connectivity index (χ1) is 14.6. The van der Waals surface area contributed by atoms with E-state index >= 15 is 0 Å². The number of hydrogen-bond donors (Lipinski definition) is 1. The molecule has 0 atom stereocenters. The van der Waals surface area contributed by atoms with Crippen LogP contribution in [0.4, 0.5) is 0 Å². The van der Waals surface area contributed by atoms with E-state index in [2.05, 4.69) is 10.1 Å². The van der Waals surface area contributed by atoms with Crippen LogP contribution in [0.5, 0.6) is 5.75 Å². The van der Waals surface area contributed by atoms with Gasteiger partial charge in [0, 0.05) is 31.1 Å². The Morgan fingerprint density at radius 2 is 2.00 bits per heavy atom. The maximum atomic E-state index is 10.7. The number of ether oxygens (including phenoxy) is 1. The number of rotatable bonds is 9. The largest absolute Gasteiger partial charge is 0.492 e. The van der Waals surface area contributed by atoms with E-state index in [4.69, 9.17) is 14.3 Å². The number of nitrogens with zero attached hydrogens (tertiary/aromatic N) is 3. The molecule has 0 fully saturated rings. The second-order valence-corrected chi connectivity index (χ2v) is 7.06. The summed E-state index contributed by atoms with van der Waals surface area (Å²) in [5.41, 5.74) is 2.66. The molecule has 0 radical (unpaired) electrons. The maximum absolute atomic E-state index is 10.7. The Bertz CT molecular complexity index is 1150. The summed E-state index contributed by atoms with van der Waals surface area (Å²) in [5.74, 6) is 1.37. The van der Waals surface area contributed by atoms with Gasteiger partial charge in [-0.1, -0.05) is 24.3 Å². The lowest BCUT2D eigenvalue weighted by atomic mass is 10.2. The molecule has 154 valence electrons. The first-order valence-electron chi connectivity index (χ1n) is 9.92. The number of carboxylic acids is 1. The zero-order valence-electron chi connectivity index (χ0n) is 16.7. The van der Waals surface area contributed by atoms with Crippen molar-refractivity contribution < 1.29 is 19.1 Å². The van der Waals surface area contributed by atoms with E-state index in [1.54, 1.807) is 4.68 Å². The lowest BCUT2D eigenvalue weighted by Gasteiger charge is -2.06. The van der Waals surface area contributed by atoms with Crippen LogP contribution < -0.4 is 4.74 Å². The second-order valence-electron chi connectivity index (χ2n) is 7.06. The van der Waals surface area contributed by atoms with Crippen molar-refractivity contribution in [3.63, 3.8) is 0 Å². The van der Waals surface area contributed by atoms with Crippen molar-refractivity contribution in [3.8, 4) is 17.2 Å². The molecule has 0 aliphatic carbocycles. The van der Waals surface area contributed by atoms with Gasteiger partial charge >= 0.3 is 5.97 Å². The highest BCUT2D eigenvalue weighted by Crippen LogP contribution is 2.26. The van der Waals surface area contributed by atoms with Crippen LogP contribution in [0.2, 0.25) is 0 Å². The van der Waals surface area contributed by atoms with Crippen LogP contribution in [0.1, 0.15) is 24.3 Å². The molecule has 0 aliphatic heterocycles. The van der Waals surface area contributed by atoms with E-state index in [9.17, 15) is 4.79 Å². The van der Waals surface area contributed by atoms with Crippen LogP contribution in [0.3, 0.4) is 0 Å². The normalized spacial score (nSPS) is 11.1. The summed E-state index contributed by atoms with van der Waals surface area (Å²) in [7, 11) is 0. The zero-order valence-corrected chi connectivity index (χ0v) is 16.7. The van der Waals surface area contributed by atoms with Gasteiger partial charge in [0.05, 0.1) is 23.2 Å². The Balaban J connectivity index is 1.41. The van der Waals surface area contributed by atoms with Gasteiger partial charge in [-0.25, -0.2) is 4.98 Å². The zero-order chi connectivity index (χ0) is 20.9. The van der Waals surface area contributed by atoms with Gasteiger partial charge in [-0.3, -0.25) is 9.48 Å². The summed E-state index contributed by atoms with van der Waals surface area (Å²) in [6, 6.07) is 15.6. The van der Waals surface area contributed by atoms with Crippen molar-refractivity contribution in [1.29, 1.82) is 0 Å². The van der Waals surface area contributed by atoms with E-state index < -0.39 is 5.97 Å². The number of aliphatic carboxylic acids is 1. The predicted molar refractivity (Wildman–Crippen MR) is 112 cm³/mol. The lowest BCUT2D eigenvalue weighted by Crippen LogP contribution is -2.03. The lowest BCUT2D eigenvalue weighted by molar-refractivity contribution is -0.137. The van der Waals surface area contributed by atoms with E-state index in [0.717, 1.165) is 33.7 Å². The Kier molecular flexibility index (Phi) is 5.79. The smallest absolute Gasteiger partial charge is 0.303 e. The fourth-order valence-electron chi connectivity index (χ4n) is 3.32. The Hall–Kier alpha value is -3.61. The van der Waals surface area contributed by atoms with Gasteiger partial charge < -0.3 is 14.3 Å². The monoisotopic (exact) mass is 405 g/mol. The molecule has 0 aliphatic rings. The minimum Gasteiger partial charge on any atom is -0.492 e. The van der Waals surface area contributed by atoms with Crippen LogP contribution in [0, 0.1) is 6.92 Å². The van der Waals surface area contributed by atoms with Crippen molar-refractivity contribution in [2.45, 2.75) is 32.7 Å². The molecule has 0 spiro atoms. The molecule has 0 saturated carbocycles. The molecule has 2 aromatic heterocycles. The first-order valence-corrected chi connectivity index (χ1v) is 9.92. The summed E-state index contributed by atoms with van der Waals surface area (Å²) in [5, 5.41) is 14.2. The number of carbonyl (C=O) groups is 1. The SMILES string of the molecule is Cc1oc(-c2ccccc2)nc1CCOc1cccc2nn(CCCC(=O)O)cc12. The third kappa shape index (κ3) is 4.51. The topological polar surface area (TPSA) is 90.4 Å². The molecule has 4 rings (SSSR count). The quantitative estimate of drug-likeness (QED) is 0.441. The number of carboxylic acid groups (broad SMARTS) is 1. The van der Waals surface area contributed by atoms with Crippen LogP contribution >= 0.6 is 0 Å². The van der Waals surface area contributed by atoms with E-state index in [1.165, 1.54) is 0 Å². The summed E-state index contributed by atoms with van der Waals surface area (Å²) in [6.07, 6.45) is 3.20. The Morgan fingerprint density at radius 1 is 1.17 bits per heavy atom. The average Bonchev–Trinajstić information content (AvgIpc) is 3.32. The molecular weight excluding hydrogens is 382 g/mol. The van der Waals surface area contributed by atoms with E-state index in [0.29, 0.717) is 31.9 Å². The fraction of sp³-hybridized carbons (Fsp3) is 0.261. The molecule has 0 unspecified atom stereocenters. The molecule has 7 nitrogen and oxygen atoms in total. The molecule has 7 heteroatoms. The molecule has 4 aromatic rings. The maximum Gasteiger partial charge on any atom is 0.303 e. The van der Waals surface area contributed by atoms with Crippen LogP contribution in [0.15, 0.2) is 59.1 Å².